The van der Waals surface area contributed by atoms with Gasteiger partial charge in [0.25, 0.3) is 0 Å². The lowest BCUT2D eigenvalue weighted by atomic mass is 10.0. The minimum Gasteiger partial charge on any atom is -0.388 e. The fourth-order valence-electron chi connectivity index (χ4n) is 1.97. The van der Waals surface area contributed by atoms with Crippen LogP contribution in [0.1, 0.15) is 24.0 Å². The lowest BCUT2D eigenvalue weighted by Crippen LogP contribution is -2.42. The number of benzene rings is 1. The Kier molecular flexibility index (Phi) is 3.93. The van der Waals surface area contributed by atoms with Crippen LogP contribution in [0.15, 0.2) is 23.3 Å². The number of nitrogens with one attached hydrogen (secondary N) is 1. The molecule has 0 fully saturated rings. The van der Waals surface area contributed by atoms with Gasteiger partial charge in [0.1, 0.15) is 11.9 Å². The van der Waals surface area contributed by atoms with Crippen molar-refractivity contribution in [1.29, 1.82) is 0 Å². The Morgan fingerprint density at radius 1 is 1.39 bits per heavy atom. The molecule has 0 aliphatic carbocycles. The van der Waals surface area contributed by atoms with Gasteiger partial charge in [-0.05, 0) is 31.4 Å². The number of hydrazone groups is 1. The molecule has 2 rings (SSSR count). The second-order valence-corrected chi connectivity index (χ2v) is 4.62. The number of hydrogen-bond donors (Lipinski definition) is 3. The van der Waals surface area contributed by atoms with Crippen molar-refractivity contribution in [3.63, 3.8) is 0 Å². The van der Waals surface area contributed by atoms with Crippen LogP contribution in [0.3, 0.4) is 0 Å². The Morgan fingerprint density at radius 3 is 2.89 bits per heavy atom. The van der Waals surface area contributed by atoms with Crippen molar-refractivity contribution in [2.45, 2.75) is 38.5 Å². The summed E-state index contributed by atoms with van der Waals surface area (Å²) in [4.78, 5) is 0. The summed E-state index contributed by atoms with van der Waals surface area (Å²) < 4.78 is 13.5. The van der Waals surface area contributed by atoms with E-state index in [0.717, 1.165) is 11.3 Å². The molecule has 0 saturated carbocycles. The lowest BCUT2D eigenvalue weighted by Gasteiger charge is -2.23. The van der Waals surface area contributed by atoms with Crippen LogP contribution in [-0.4, -0.2) is 28.3 Å². The molecule has 1 aromatic rings. The number of rotatable bonds is 3. The molecule has 2 unspecified atom stereocenters. The second-order valence-electron chi connectivity index (χ2n) is 4.62. The van der Waals surface area contributed by atoms with E-state index in [2.05, 4.69) is 10.5 Å². The minimum atomic E-state index is -1.01. The summed E-state index contributed by atoms with van der Waals surface area (Å²) in [6, 6.07) is 5.01. The van der Waals surface area contributed by atoms with Gasteiger partial charge in [-0.2, -0.15) is 5.10 Å². The van der Waals surface area contributed by atoms with Gasteiger partial charge in [-0.1, -0.05) is 17.7 Å². The molecule has 0 saturated heterocycles. The molecule has 1 aliphatic heterocycles. The smallest absolute Gasteiger partial charge is 0.165 e. The van der Waals surface area contributed by atoms with Crippen LogP contribution in [0.2, 0.25) is 0 Å². The molecule has 0 bridgehead atoms. The van der Waals surface area contributed by atoms with Gasteiger partial charge in [0.2, 0.25) is 0 Å². The van der Waals surface area contributed by atoms with Crippen molar-refractivity contribution >= 4 is 5.71 Å². The number of nitrogens with zero attached hydrogens (tertiary/aromatic N) is 1. The fraction of sp³-hybridized carbons (Fsp3) is 0.462. The quantitative estimate of drug-likeness (QED) is 0.754. The van der Waals surface area contributed by atoms with E-state index in [1.54, 1.807) is 6.07 Å². The Bertz CT molecular complexity index is 462. The molecule has 1 heterocycles. The predicted molar refractivity (Wildman–Crippen MR) is 66.7 cm³/mol. The molecule has 2 atom stereocenters. The predicted octanol–water partition coefficient (Wildman–Crippen LogP) is 1.10. The third-order valence-corrected chi connectivity index (χ3v) is 3.05. The molecule has 4 nitrogen and oxygen atoms in total. The monoisotopic (exact) mass is 252 g/mol. The average Bonchev–Trinajstić information content (AvgIpc) is 2.34. The van der Waals surface area contributed by atoms with Crippen LogP contribution in [-0.2, 0) is 6.42 Å². The Balaban J connectivity index is 1.98. The zero-order valence-electron chi connectivity index (χ0n) is 10.2. The van der Waals surface area contributed by atoms with Crippen molar-refractivity contribution < 1.29 is 14.6 Å². The summed E-state index contributed by atoms with van der Waals surface area (Å²) in [5.74, 6) is -0.217. The molecular formula is C13H17FN2O2. The first kappa shape index (κ1) is 13.0. The van der Waals surface area contributed by atoms with E-state index in [-0.39, 0.29) is 5.82 Å². The first-order valence-electron chi connectivity index (χ1n) is 5.98. The van der Waals surface area contributed by atoms with Gasteiger partial charge in [-0.3, -0.25) is 5.43 Å². The molecule has 3 N–H and O–H groups in total. The highest BCUT2D eigenvalue weighted by Crippen LogP contribution is 2.15. The van der Waals surface area contributed by atoms with Crippen LogP contribution in [0, 0.1) is 12.7 Å². The summed E-state index contributed by atoms with van der Waals surface area (Å²) in [6.07, 6.45) is -0.431. The van der Waals surface area contributed by atoms with E-state index in [9.17, 15) is 14.6 Å². The van der Waals surface area contributed by atoms with Gasteiger partial charge in [0, 0.05) is 12.1 Å². The molecular weight excluding hydrogens is 235 g/mol. The van der Waals surface area contributed by atoms with Crippen LogP contribution in [0.25, 0.3) is 0 Å². The van der Waals surface area contributed by atoms with E-state index < -0.39 is 12.3 Å². The number of aliphatic hydroxyl groups excluding tert-OH is 2. The summed E-state index contributed by atoms with van der Waals surface area (Å²) in [7, 11) is 0. The molecule has 98 valence electrons. The third-order valence-electron chi connectivity index (χ3n) is 3.05. The van der Waals surface area contributed by atoms with Gasteiger partial charge in [-0.15, -0.1) is 0 Å². The second kappa shape index (κ2) is 5.46. The Hall–Kier alpha value is -1.46. The molecule has 0 aromatic heterocycles. The first-order valence-corrected chi connectivity index (χ1v) is 5.98. The third kappa shape index (κ3) is 3.05. The van der Waals surface area contributed by atoms with Crippen molar-refractivity contribution in [3.05, 3.63) is 35.1 Å². The summed E-state index contributed by atoms with van der Waals surface area (Å²) in [5.41, 5.74) is 4.86. The highest BCUT2D eigenvalue weighted by molar-refractivity contribution is 5.85. The zero-order valence-corrected chi connectivity index (χ0v) is 10.2. The first-order chi connectivity index (χ1) is 8.56. The minimum absolute atomic E-state index is 0.217. The van der Waals surface area contributed by atoms with Gasteiger partial charge >= 0.3 is 0 Å². The van der Waals surface area contributed by atoms with E-state index >= 15 is 0 Å². The zero-order chi connectivity index (χ0) is 13.1. The molecule has 18 heavy (non-hydrogen) atoms. The maximum absolute atomic E-state index is 13.5. The lowest BCUT2D eigenvalue weighted by molar-refractivity contribution is -0.00288. The molecule has 0 spiro atoms. The van der Waals surface area contributed by atoms with Crippen molar-refractivity contribution in [2.24, 2.45) is 5.10 Å². The highest BCUT2D eigenvalue weighted by Gasteiger charge is 2.22. The van der Waals surface area contributed by atoms with Gasteiger partial charge < -0.3 is 10.2 Å². The standard InChI is InChI=1S/C13H17FN2O2/c1-8-2-5-11(14)9(6-8)3-4-10-7-12(17)13(18)16-15-10/h2,5-6,12-13,16-18H,3-4,7H2,1H3. The highest BCUT2D eigenvalue weighted by atomic mass is 19.1. The van der Waals surface area contributed by atoms with Crippen molar-refractivity contribution in [1.82, 2.24) is 5.43 Å². The van der Waals surface area contributed by atoms with Gasteiger partial charge in [0.05, 0.1) is 0 Å². The van der Waals surface area contributed by atoms with E-state index in [4.69, 9.17) is 0 Å². The number of aryl methyl sites for hydroxylation is 2. The van der Waals surface area contributed by atoms with Gasteiger partial charge in [0.15, 0.2) is 6.23 Å². The van der Waals surface area contributed by atoms with E-state index in [0.29, 0.717) is 24.8 Å². The molecule has 0 radical (unpaired) electrons. The summed E-state index contributed by atoms with van der Waals surface area (Å²) in [5, 5.41) is 22.7. The van der Waals surface area contributed by atoms with Crippen LogP contribution >= 0.6 is 0 Å². The SMILES string of the molecule is Cc1ccc(F)c(CCC2=NNC(O)C(O)C2)c1. The molecule has 1 aliphatic rings. The number of halogens is 1. The van der Waals surface area contributed by atoms with Crippen LogP contribution in [0.4, 0.5) is 4.39 Å². The van der Waals surface area contributed by atoms with Crippen LogP contribution in [0.5, 0.6) is 0 Å². The van der Waals surface area contributed by atoms with E-state index in [1.807, 2.05) is 13.0 Å². The summed E-state index contributed by atoms with van der Waals surface area (Å²) >= 11 is 0. The van der Waals surface area contributed by atoms with E-state index in [1.165, 1.54) is 6.07 Å². The maximum Gasteiger partial charge on any atom is 0.165 e. The summed E-state index contributed by atoms with van der Waals surface area (Å²) in [6.45, 7) is 1.92. The van der Waals surface area contributed by atoms with Crippen molar-refractivity contribution in [2.75, 3.05) is 0 Å². The van der Waals surface area contributed by atoms with Crippen LogP contribution < -0.4 is 5.43 Å². The molecule has 5 heteroatoms. The maximum atomic E-state index is 13.5. The largest absolute Gasteiger partial charge is 0.388 e. The Morgan fingerprint density at radius 2 is 2.17 bits per heavy atom. The average molecular weight is 252 g/mol. The fourth-order valence-corrected chi connectivity index (χ4v) is 1.97. The Labute approximate surface area is 105 Å². The molecule has 0 amide bonds. The normalized spacial score (nSPS) is 23.4. The molecule has 1 aromatic carbocycles. The number of hydrogen-bond acceptors (Lipinski definition) is 4. The van der Waals surface area contributed by atoms with Gasteiger partial charge in [-0.25, -0.2) is 4.39 Å². The topological polar surface area (TPSA) is 64.9 Å². The van der Waals surface area contributed by atoms with Crippen molar-refractivity contribution in [3.8, 4) is 0 Å². The number of aliphatic hydroxyl groups is 2.